The van der Waals surface area contributed by atoms with Crippen molar-refractivity contribution in [2.24, 2.45) is 11.8 Å². The summed E-state index contributed by atoms with van der Waals surface area (Å²) in [6.07, 6.45) is 0. The zero-order valence-corrected chi connectivity index (χ0v) is 11.7. The molecule has 0 aliphatic heterocycles. The van der Waals surface area contributed by atoms with Crippen molar-refractivity contribution in [3.8, 4) is 0 Å². The maximum atomic E-state index is 3.32. The van der Waals surface area contributed by atoms with Crippen molar-refractivity contribution in [3.63, 3.8) is 0 Å². The van der Waals surface area contributed by atoms with Crippen LogP contribution in [-0.4, -0.2) is 7.05 Å². The minimum absolute atomic E-state index is 0.560. The molecule has 0 saturated heterocycles. The largest absolute Gasteiger partial charge is 0.391 e. The first kappa shape index (κ1) is 14.3. The highest BCUT2D eigenvalue weighted by molar-refractivity contribution is 5.36. The van der Waals surface area contributed by atoms with E-state index in [9.17, 15) is 0 Å². The summed E-state index contributed by atoms with van der Waals surface area (Å²) in [4.78, 5) is 0. The molecule has 0 spiro atoms. The summed E-state index contributed by atoms with van der Waals surface area (Å²) in [5.41, 5.74) is 5.68. The molecule has 0 radical (unpaired) electrons. The van der Waals surface area contributed by atoms with Gasteiger partial charge in [0.15, 0.2) is 0 Å². The van der Waals surface area contributed by atoms with Gasteiger partial charge in [-0.25, -0.2) is 0 Å². The summed E-state index contributed by atoms with van der Waals surface area (Å²) in [6.45, 7) is 15.6. The molecular weight excluding hydrogens is 182 g/mol. The summed E-state index contributed by atoms with van der Waals surface area (Å²) in [6, 6.07) is 0. The Morgan fingerprint density at radius 1 is 0.800 bits per heavy atom. The highest BCUT2D eigenvalue weighted by atomic mass is 14.8. The van der Waals surface area contributed by atoms with E-state index in [1.807, 2.05) is 7.05 Å². The molecule has 0 amide bonds. The van der Waals surface area contributed by atoms with Gasteiger partial charge >= 0.3 is 0 Å². The van der Waals surface area contributed by atoms with Crippen LogP contribution in [-0.2, 0) is 0 Å². The van der Waals surface area contributed by atoms with Crippen molar-refractivity contribution in [2.75, 3.05) is 7.05 Å². The number of hydrogen-bond acceptors (Lipinski definition) is 1. The van der Waals surface area contributed by atoms with Gasteiger partial charge in [-0.3, -0.25) is 0 Å². The monoisotopic (exact) mass is 209 g/mol. The Hall–Kier alpha value is -0.720. The van der Waals surface area contributed by atoms with Crippen molar-refractivity contribution in [1.29, 1.82) is 0 Å². The molecule has 1 nitrogen and oxygen atoms in total. The summed E-state index contributed by atoms with van der Waals surface area (Å²) in [5.74, 6) is 1.19. The quantitative estimate of drug-likeness (QED) is 0.687. The number of nitrogens with one attached hydrogen (secondary N) is 1. The Bertz CT molecular complexity index is 267. The molecule has 0 bridgehead atoms. The van der Waals surface area contributed by atoms with Crippen LogP contribution in [0.3, 0.4) is 0 Å². The summed E-state index contributed by atoms with van der Waals surface area (Å²) >= 11 is 0. The molecule has 0 fully saturated rings. The Morgan fingerprint density at radius 2 is 1.27 bits per heavy atom. The third-order valence-electron chi connectivity index (χ3n) is 3.27. The molecule has 0 rings (SSSR count). The van der Waals surface area contributed by atoms with E-state index in [2.05, 4.69) is 53.8 Å². The maximum Gasteiger partial charge on any atom is 0.0162 e. The average molecular weight is 209 g/mol. The fourth-order valence-corrected chi connectivity index (χ4v) is 1.84. The normalized spacial score (nSPS) is 15.3. The van der Waals surface area contributed by atoms with Crippen LogP contribution in [0, 0.1) is 11.8 Å². The van der Waals surface area contributed by atoms with Gasteiger partial charge < -0.3 is 5.32 Å². The number of rotatable bonds is 4. The van der Waals surface area contributed by atoms with Gasteiger partial charge in [-0.1, -0.05) is 33.3 Å². The van der Waals surface area contributed by atoms with Gasteiger partial charge in [-0.2, -0.15) is 0 Å². The van der Waals surface area contributed by atoms with E-state index in [-0.39, 0.29) is 0 Å². The Balaban J connectivity index is 5.30. The highest BCUT2D eigenvalue weighted by Gasteiger charge is 2.10. The van der Waals surface area contributed by atoms with E-state index in [4.69, 9.17) is 0 Å². The van der Waals surface area contributed by atoms with E-state index < -0.39 is 0 Å². The van der Waals surface area contributed by atoms with Crippen molar-refractivity contribution in [2.45, 2.75) is 48.5 Å². The third-order valence-corrected chi connectivity index (χ3v) is 3.27. The van der Waals surface area contributed by atoms with Crippen LogP contribution in [0.4, 0.5) is 0 Å². The molecule has 1 N–H and O–H groups in total. The van der Waals surface area contributed by atoms with Crippen LogP contribution in [0.15, 0.2) is 22.4 Å². The molecule has 0 aromatic rings. The first-order valence-corrected chi connectivity index (χ1v) is 5.89. The summed E-state index contributed by atoms with van der Waals surface area (Å²) in [7, 11) is 2.01. The van der Waals surface area contributed by atoms with Crippen molar-refractivity contribution < 1.29 is 0 Å². The van der Waals surface area contributed by atoms with Crippen LogP contribution < -0.4 is 5.32 Å². The average Bonchev–Trinajstić information content (AvgIpc) is 2.15. The Labute approximate surface area is 95.7 Å². The van der Waals surface area contributed by atoms with E-state index in [1.54, 1.807) is 0 Å². The molecule has 0 saturated carbocycles. The second kappa shape index (κ2) is 5.99. The summed E-state index contributed by atoms with van der Waals surface area (Å²) in [5, 5.41) is 3.32. The third kappa shape index (κ3) is 3.73. The summed E-state index contributed by atoms with van der Waals surface area (Å²) < 4.78 is 0. The predicted octanol–water partition coefficient (Wildman–Crippen LogP) is 4.13. The smallest absolute Gasteiger partial charge is 0.0162 e. The zero-order chi connectivity index (χ0) is 12.2. The molecule has 0 atom stereocenters. The van der Waals surface area contributed by atoms with Gasteiger partial charge in [0.05, 0.1) is 0 Å². The molecular formula is C14H27N. The predicted molar refractivity (Wildman–Crippen MR) is 69.8 cm³/mol. The van der Waals surface area contributed by atoms with Crippen LogP contribution in [0.2, 0.25) is 0 Å². The second-order valence-corrected chi connectivity index (χ2v) is 4.91. The molecule has 0 heterocycles. The number of allylic oxidation sites excluding steroid dienone is 4. The molecule has 88 valence electrons. The molecule has 0 aliphatic rings. The van der Waals surface area contributed by atoms with Crippen LogP contribution in [0.1, 0.15) is 48.5 Å². The maximum absolute atomic E-state index is 3.32. The minimum Gasteiger partial charge on any atom is -0.391 e. The lowest BCUT2D eigenvalue weighted by Crippen LogP contribution is -2.15. The minimum atomic E-state index is 0.560. The molecule has 0 aliphatic carbocycles. The van der Waals surface area contributed by atoms with E-state index in [0.717, 1.165) is 0 Å². The molecule has 0 aromatic carbocycles. The van der Waals surface area contributed by atoms with Crippen molar-refractivity contribution in [1.82, 2.24) is 5.32 Å². The lowest BCUT2D eigenvalue weighted by molar-refractivity contribution is 0.684. The van der Waals surface area contributed by atoms with E-state index >= 15 is 0 Å². The van der Waals surface area contributed by atoms with Gasteiger partial charge in [0, 0.05) is 12.7 Å². The van der Waals surface area contributed by atoms with Crippen molar-refractivity contribution in [3.05, 3.63) is 22.4 Å². The second-order valence-electron chi connectivity index (χ2n) is 4.91. The first-order valence-electron chi connectivity index (χ1n) is 5.89. The van der Waals surface area contributed by atoms with Gasteiger partial charge in [-0.15, -0.1) is 0 Å². The zero-order valence-electron chi connectivity index (χ0n) is 11.7. The SMILES string of the molecule is CN/C(=C(C)\C(C)=C(/C)C(C)C)C(C)C. The molecule has 0 unspecified atom stereocenters. The molecule has 0 aromatic heterocycles. The fourth-order valence-electron chi connectivity index (χ4n) is 1.84. The van der Waals surface area contributed by atoms with Crippen LogP contribution in [0.5, 0.6) is 0 Å². The van der Waals surface area contributed by atoms with Gasteiger partial charge in [0.25, 0.3) is 0 Å². The van der Waals surface area contributed by atoms with E-state index in [1.165, 1.54) is 22.4 Å². The number of hydrogen-bond donors (Lipinski definition) is 1. The standard InChI is InChI=1S/C14H27N/c1-9(2)11(5)12(6)13(7)14(15-8)10(3)4/h9-10,15H,1-8H3/b12-11+,14-13-. The van der Waals surface area contributed by atoms with Crippen LogP contribution in [0.25, 0.3) is 0 Å². The molecule has 15 heavy (non-hydrogen) atoms. The van der Waals surface area contributed by atoms with Gasteiger partial charge in [0.2, 0.25) is 0 Å². The van der Waals surface area contributed by atoms with E-state index in [0.29, 0.717) is 11.8 Å². The molecule has 1 heteroatoms. The lowest BCUT2D eigenvalue weighted by Gasteiger charge is -2.19. The van der Waals surface area contributed by atoms with Crippen molar-refractivity contribution >= 4 is 0 Å². The fraction of sp³-hybridized carbons (Fsp3) is 0.714. The lowest BCUT2D eigenvalue weighted by atomic mass is 9.92. The van der Waals surface area contributed by atoms with Gasteiger partial charge in [0.1, 0.15) is 0 Å². The highest BCUT2D eigenvalue weighted by Crippen LogP contribution is 2.24. The first-order chi connectivity index (χ1) is 6.82. The van der Waals surface area contributed by atoms with Crippen LogP contribution >= 0.6 is 0 Å². The Morgan fingerprint density at radius 3 is 1.53 bits per heavy atom. The topological polar surface area (TPSA) is 12.0 Å². The van der Waals surface area contributed by atoms with Gasteiger partial charge in [-0.05, 0) is 43.8 Å². The Kier molecular flexibility index (Phi) is 5.71.